The molecular formula is C22H27N3O6. The first kappa shape index (κ1) is 24.4. The Morgan fingerprint density at radius 2 is 1.45 bits per heavy atom. The number of benzene rings is 1. The van der Waals surface area contributed by atoms with Crippen LogP contribution < -0.4 is 0 Å². The lowest BCUT2D eigenvalue weighted by Crippen LogP contribution is -2.84. The number of nitro groups is 1. The molecule has 2 rings (SSSR count). The van der Waals surface area contributed by atoms with E-state index in [1.807, 2.05) is 0 Å². The van der Waals surface area contributed by atoms with E-state index in [-0.39, 0.29) is 32.1 Å². The zero-order valence-electron chi connectivity index (χ0n) is 18.2. The molecule has 1 fully saturated rings. The third-order valence-electron chi connectivity index (χ3n) is 5.20. The van der Waals surface area contributed by atoms with Crippen molar-refractivity contribution in [3.05, 3.63) is 46.0 Å². The predicted octanol–water partition coefficient (Wildman–Crippen LogP) is 3.81. The molecule has 0 saturated heterocycles. The van der Waals surface area contributed by atoms with Crippen molar-refractivity contribution in [1.29, 1.82) is 10.5 Å². The normalized spacial score (nSPS) is 20.5. The number of nitro benzene ring substituents is 1. The first-order valence-electron chi connectivity index (χ1n) is 10.2. The van der Waals surface area contributed by atoms with Crippen molar-refractivity contribution in [1.82, 2.24) is 0 Å². The van der Waals surface area contributed by atoms with Crippen LogP contribution in [0.4, 0.5) is 5.69 Å². The summed E-state index contributed by atoms with van der Waals surface area (Å²) in [6.45, 7) is 7.84. The van der Waals surface area contributed by atoms with E-state index in [0.717, 1.165) is 0 Å². The molecule has 0 N–H and O–H groups in total. The maximum atomic E-state index is 10.9. The van der Waals surface area contributed by atoms with Crippen LogP contribution in [-0.2, 0) is 18.9 Å². The lowest BCUT2D eigenvalue weighted by Gasteiger charge is -2.65. The summed E-state index contributed by atoms with van der Waals surface area (Å²) in [5.41, 5.74) is -1.11. The van der Waals surface area contributed by atoms with Crippen LogP contribution in [0.5, 0.6) is 0 Å². The molecule has 1 aromatic carbocycles. The van der Waals surface area contributed by atoms with Crippen molar-refractivity contribution in [3.63, 3.8) is 0 Å². The van der Waals surface area contributed by atoms with Gasteiger partial charge in [0.15, 0.2) is 0 Å². The lowest BCUT2D eigenvalue weighted by molar-refractivity contribution is -0.505. The van der Waals surface area contributed by atoms with E-state index >= 15 is 0 Å². The first-order chi connectivity index (χ1) is 14.9. The molecule has 1 aliphatic rings. The van der Waals surface area contributed by atoms with Crippen LogP contribution in [0.3, 0.4) is 0 Å². The highest BCUT2D eigenvalue weighted by molar-refractivity contribution is 5.54. The monoisotopic (exact) mass is 429 g/mol. The third-order valence-corrected chi connectivity index (χ3v) is 5.20. The number of ether oxygens (including phenoxy) is 4. The van der Waals surface area contributed by atoms with Gasteiger partial charge in [-0.25, -0.2) is 0 Å². The van der Waals surface area contributed by atoms with Gasteiger partial charge in [0.2, 0.25) is 11.2 Å². The summed E-state index contributed by atoms with van der Waals surface area (Å²) in [4.78, 5) is 10.4. The zero-order chi connectivity index (χ0) is 23.1. The highest BCUT2D eigenvalue weighted by Crippen LogP contribution is 2.66. The van der Waals surface area contributed by atoms with Gasteiger partial charge in [-0.15, -0.1) is 0 Å². The Morgan fingerprint density at radius 3 is 1.84 bits per heavy atom. The summed E-state index contributed by atoms with van der Waals surface area (Å²) in [5, 5.41) is 31.1. The van der Waals surface area contributed by atoms with Crippen LogP contribution >= 0.6 is 0 Å². The smallest absolute Gasteiger partial charge is 0.269 e. The largest absolute Gasteiger partial charge is 0.345 e. The summed E-state index contributed by atoms with van der Waals surface area (Å²) < 4.78 is 23.9. The average Bonchev–Trinajstić information content (AvgIpc) is 2.76. The molecule has 1 aromatic rings. The van der Waals surface area contributed by atoms with Crippen LogP contribution in [0, 0.1) is 44.1 Å². The Labute approximate surface area is 181 Å². The Morgan fingerprint density at radius 1 is 0.968 bits per heavy atom. The minimum atomic E-state index is -1.75. The standard InChI is InChI=1S/C22H27N3O6/c1-5-28-21(29-6-2)19(14-11-17-9-12-18(13-10-17)25(26)27)20(15-23,16-24)22(21,30-7-3)31-8-4/h9-14,19H,5-8H2,1-4H3/b14-11-/t19-/m0/s1. The van der Waals surface area contributed by atoms with Crippen LogP contribution in [0.15, 0.2) is 30.3 Å². The van der Waals surface area contributed by atoms with Gasteiger partial charge in [-0.3, -0.25) is 10.1 Å². The van der Waals surface area contributed by atoms with Crippen LogP contribution in [0.1, 0.15) is 33.3 Å². The fraction of sp³-hybridized carbons (Fsp3) is 0.545. The zero-order valence-corrected chi connectivity index (χ0v) is 18.2. The van der Waals surface area contributed by atoms with E-state index in [2.05, 4.69) is 12.1 Å². The van der Waals surface area contributed by atoms with Crippen LogP contribution in [0.2, 0.25) is 0 Å². The predicted molar refractivity (Wildman–Crippen MR) is 111 cm³/mol. The SMILES string of the molecule is CCOC1(OCC)[C@@H](/C=C\c2ccc([N+](=O)[O-])cc2)C(C#N)(C#N)C1(OCC)OCC. The number of non-ortho nitro benzene ring substituents is 1. The van der Waals surface area contributed by atoms with E-state index in [1.54, 1.807) is 52.0 Å². The molecular weight excluding hydrogens is 402 g/mol. The van der Waals surface area contributed by atoms with Crippen LogP contribution in [0.25, 0.3) is 6.08 Å². The Hall–Kier alpha value is -2.82. The van der Waals surface area contributed by atoms with Gasteiger partial charge in [0.1, 0.15) is 0 Å². The average molecular weight is 429 g/mol. The van der Waals surface area contributed by atoms with Crippen molar-refractivity contribution in [2.24, 2.45) is 11.3 Å². The topological polar surface area (TPSA) is 128 Å². The van der Waals surface area contributed by atoms with Gasteiger partial charge in [-0.05, 0) is 45.4 Å². The fourth-order valence-electron chi connectivity index (χ4n) is 4.11. The molecule has 0 unspecified atom stereocenters. The number of nitriles is 2. The van der Waals surface area contributed by atoms with Crippen molar-refractivity contribution >= 4 is 11.8 Å². The Balaban J connectivity index is 2.61. The molecule has 9 heteroatoms. The molecule has 0 radical (unpaired) electrons. The van der Waals surface area contributed by atoms with Gasteiger partial charge >= 0.3 is 0 Å². The maximum absolute atomic E-state index is 10.9. The Bertz CT molecular complexity index is 858. The van der Waals surface area contributed by atoms with E-state index in [9.17, 15) is 20.6 Å². The first-order valence-corrected chi connectivity index (χ1v) is 10.2. The van der Waals surface area contributed by atoms with Crippen molar-refractivity contribution in [2.45, 2.75) is 39.3 Å². The van der Waals surface area contributed by atoms with Gasteiger partial charge < -0.3 is 18.9 Å². The van der Waals surface area contributed by atoms with Crippen LogP contribution in [-0.4, -0.2) is 42.9 Å². The molecule has 1 aliphatic carbocycles. The van der Waals surface area contributed by atoms with Crippen molar-refractivity contribution < 1.29 is 23.9 Å². The van der Waals surface area contributed by atoms with Crippen molar-refractivity contribution in [2.75, 3.05) is 26.4 Å². The fourth-order valence-corrected chi connectivity index (χ4v) is 4.11. The number of hydrogen-bond acceptors (Lipinski definition) is 8. The van der Waals surface area contributed by atoms with Gasteiger partial charge in [0, 0.05) is 38.6 Å². The summed E-state index contributed by atoms with van der Waals surface area (Å²) in [6, 6.07) is 10.1. The second-order valence-electron chi connectivity index (χ2n) is 6.73. The third kappa shape index (κ3) is 3.71. The molecule has 0 aliphatic heterocycles. The number of rotatable bonds is 11. The molecule has 0 bridgehead atoms. The second-order valence-corrected chi connectivity index (χ2v) is 6.73. The molecule has 31 heavy (non-hydrogen) atoms. The highest BCUT2D eigenvalue weighted by atomic mass is 16.8. The summed E-state index contributed by atoms with van der Waals surface area (Å²) in [5.74, 6) is -4.11. The molecule has 0 amide bonds. The van der Waals surface area contributed by atoms with E-state index in [1.165, 1.54) is 12.1 Å². The molecule has 9 nitrogen and oxygen atoms in total. The lowest BCUT2D eigenvalue weighted by atomic mass is 9.51. The molecule has 0 spiro atoms. The minimum Gasteiger partial charge on any atom is -0.345 e. The number of nitrogens with zero attached hydrogens (tertiary/aromatic N) is 3. The second kappa shape index (κ2) is 9.99. The molecule has 0 aromatic heterocycles. The van der Waals surface area contributed by atoms with E-state index in [0.29, 0.717) is 5.56 Å². The Kier molecular flexibility index (Phi) is 7.88. The molecule has 1 saturated carbocycles. The van der Waals surface area contributed by atoms with E-state index in [4.69, 9.17) is 18.9 Å². The van der Waals surface area contributed by atoms with Gasteiger partial charge in [-0.2, -0.15) is 10.5 Å². The van der Waals surface area contributed by atoms with Gasteiger partial charge in [0.25, 0.3) is 11.5 Å². The van der Waals surface area contributed by atoms with Gasteiger partial charge in [-0.1, -0.05) is 12.2 Å². The molecule has 166 valence electrons. The highest BCUT2D eigenvalue weighted by Gasteiger charge is 2.86. The molecule has 1 atom stereocenters. The van der Waals surface area contributed by atoms with Gasteiger partial charge in [0.05, 0.1) is 23.0 Å². The number of hydrogen-bond donors (Lipinski definition) is 0. The summed E-state index contributed by atoms with van der Waals surface area (Å²) in [7, 11) is 0. The van der Waals surface area contributed by atoms with Crippen molar-refractivity contribution in [3.8, 4) is 12.1 Å². The van der Waals surface area contributed by atoms with E-state index < -0.39 is 27.8 Å². The molecule has 0 heterocycles. The minimum absolute atomic E-state index is 0.0334. The quantitative estimate of drug-likeness (QED) is 0.295. The summed E-state index contributed by atoms with van der Waals surface area (Å²) >= 11 is 0. The summed E-state index contributed by atoms with van der Waals surface area (Å²) in [6.07, 6.45) is 3.32. The maximum Gasteiger partial charge on any atom is 0.269 e.